The van der Waals surface area contributed by atoms with Gasteiger partial charge in [0.2, 0.25) is 11.7 Å². The van der Waals surface area contributed by atoms with Crippen LogP contribution in [0.3, 0.4) is 0 Å². The Morgan fingerprint density at radius 1 is 1.16 bits per heavy atom. The van der Waals surface area contributed by atoms with Crippen molar-refractivity contribution in [3.05, 3.63) is 17.7 Å². The zero-order valence-electron chi connectivity index (χ0n) is 11.5. The molecule has 0 atom stereocenters. The van der Waals surface area contributed by atoms with Gasteiger partial charge < -0.3 is 25.3 Å². The zero-order valence-corrected chi connectivity index (χ0v) is 11.5. The van der Waals surface area contributed by atoms with E-state index in [1.165, 1.54) is 0 Å². The summed E-state index contributed by atoms with van der Waals surface area (Å²) < 4.78 is 15.7. The number of rotatable bonds is 7. The Labute approximate surface area is 112 Å². The highest BCUT2D eigenvalue weighted by molar-refractivity contribution is 5.77. The molecule has 0 spiro atoms. The minimum absolute atomic E-state index is 0.00471. The maximum absolute atomic E-state index is 11.0. The highest BCUT2D eigenvalue weighted by Gasteiger charge is 2.12. The van der Waals surface area contributed by atoms with Gasteiger partial charge in [-0.15, -0.1) is 0 Å². The van der Waals surface area contributed by atoms with Crippen molar-refractivity contribution in [3.8, 4) is 17.2 Å². The van der Waals surface area contributed by atoms with Crippen molar-refractivity contribution in [2.75, 3.05) is 34.4 Å². The Kier molecular flexibility index (Phi) is 5.95. The molecule has 1 aromatic carbocycles. The van der Waals surface area contributed by atoms with E-state index in [0.29, 0.717) is 30.2 Å². The van der Waals surface area contributed by atoms with Gasteiger partial charge in [0.15, 0.2) is 11.5 Å². The van der Waals surface area contributed by atoms with Gasteiger partial charge in [-0.3, -0.25) is 4.79 Å². The molecule has 0 radical (unpaired) electrons. The van der Waals surface area contributed by atoms with Gasteiger partial charge in [0, 0.05) is 6.54 Å². The molecule has 1 aromatic rings. The first kappa shape index (κ1) is 15.1. The highest BCUT2D eigenvalue weighted by atomic mass is 16.5. The first-order chi connectivity index (χ1) is 9.15. The van der Waals surface area contributed by atoms with Crippen molar-refractivity contribution in [1.29, 1.82) is 0 Å². The van der Waals surface area contributed by atoms with Gasteiger partial charge in [0.25, 0.3) is 0 Å². The van der Waals surface area contributed by atoms with Crippen molar-refractivity contribution < 1.29 is 19.0 Å². The van der Waals surface area contributed by atoms with Crippen LogP contribution >= 0.6 is 0 Å². The van der Waals surface area contributed by atoms with Gasteiger partial charge >= 0.3 is 0 Å². The topological polar surface area (TPSA) is 82.8 Å². The number of methoxy groups -OCH3 is 3. The Hall–Kier alpha value is -1.95. The quantitative estimate of drug-likeness (QED) is 0.744. The molecule has 0 aliphatic rings. The lowest BCUT2D eigenvalue weighted by Gasteiger charge is -2.14. The van der Waals surface area contributed by atoms with Crippen LogP contribution in [-0.4, -0.2) is 40.3 Å². The van der Waals surface area contributed by atoms with E-state index in [9.17, 15) is 4.79 Å². The Bertz CT molecular complexity index is 410. The average molecular weight is 268 g/mol. The molecule has 0 heterocycles. The maximum atomic E-state index is 11.0. The van der Waals surface area contributed by atoms with E-state index in [1.807, 2.05) is 12.1 Å². The third-order valence-corrected chi connectivity index (χ3v) is 2.65. The van der Waals surface area contributed by atoms with E-state index in [0.717, 1.165) is 5.56 Å². The van der Waals surface area contributed by atoms with Crippen LogP contribution in [0.15, 0.2) is 12.1 Å². The van der Waals surface area contributed by atoms with Crippen molar-refractivity contribution >= 4 is 5.91 Å². The Balaban J connectivity index is 2.81. The summed E-state index contributed by atoms with van der Waals surface area (Å²) in [5, 5.41) is 2.71. The van der Waals surface area contributed by atoms with Crippen molar-refractivity contribution in [3.63, 3.8) is 0 Å². The minimum atomic E-state index is -0.174. The van der Waals surface area contributed by atoms with Gasteiger partial charge in [-0.25, -0.2) is 0 Å². The van der Waals surface area contributed by atoms with Crippen molar-refractivity contribution in [2.45, 2.75) is 6.42 Å². The predicted molar refractivity (Wildman–Crippen MR) is 71.9 cm³/mol. The van der Waals surface area contributed by atoms with E-state index in [4.69, 9.17) is 19.9 Å². The Morgan fingerprint density at radius 3 is 2.16 bits per heavy atom. The number of nitrogens with one attached hydrogen (secondary N) is 1. The molecule has 6 heteroatoms. The summed E-state index contributed by atoms with van der Waals surface area (Å²) in [7, 11) is 4.69. The second-order valence-electron chi connectivity index (χ2n) is 3.84. The van der Waals surface area contributed by atoms with Gasteiger partial charge in [-0.05, 0) is 24.1 Å². The molecule has 1 amide bonds. The molecule has 0 saturated carbocycles. The molecule has 0 saturated heterocycles. The molecule has 0 aromatic heterocycles. The summed E-state index contributed by atoms with van der Waals surface area (Å²) >= 11 is 0. The third kappa shape index (κ3) is 4.03. The number of hydrogen-bond acceptors (Lipinski definition) is 5. The van der Waals surface area contributed by atoms with Crippen LogP contribution in [0.25, 0.3) is 0 Å². The predicted octanol–water partition coefficient (Wildman–Crippen LogP) is 0.330. The number of carbonyl (C=O) groups is 1. The summed E-state index contributed by atoms with van der Waals surface area (Å²) in [5.74, 6) is 1.58. The second-order valence-corrected chi connectivity index (χ2v) is 3.84. The normalized spacial score (nSPS) is 9.89. The van der Waals surface area contributed by atoms with Crippen LogP contribution in [0.2, 0.25) is 0 Å². The first-order valence-corrected chi connectivity index (χ1v) is 5.91. The molecular formula is C13H20N2O4. The highest BCUT2D eigenvalue weighted by Crippen LogP contribution is 2.38. The number of carbonyl (C=O) groups excluding carboxylic acids is 1. The molecule has 19 heavy (non-hydrogen) atoms. The average Bonchev–Trinajstić information content (AvgIpc) is 2.45. The molecular weight excluding hydrogens is 248 g/mol. The monoisotopic (exact) mass is 268 g/mol. The number of benzene rings is 1. The smallest absolute Gasteiger partial charge is 0.233 e. The van der Waals surface area contributed by atoms with Crippen LogP contribution < -0.4 is 25.3 Å². The van der Waals surface area contributed by atoms with Gasteiger partial charge in [-0.2, -0.15) is 0 Å². The Morgan fingerprint density at radius 2 is 1.74 bits per heavy atom. The molecule has 0 unspecified atom stereocenters. The largest absolute Gasteiger partial charge is 0.493 e. The summed E-state index contributed by atoms with van der Waals surface area (Å²) in [5.41, 5.74) is 6.19. The van der Waals surface area contributed by atoms with Crippen LogP contribution in [0.4, 0.5) is 0 Å². The summed E-state index contributed by atoms with van der Waals surface area (Å²) in [6, 6.07) is 3.71. The van der Waals surface area contributed by atoms with Crippen LogP contribution in [-0.2, 0) is 11.2 Å². The summed E-state index contributed by atoms with van der Waals surface area (Å²) in [6.45, 7) is 0.504. The van der Waals surface area contributed by atoms with Gasteiger partial charge in [0.05, 0.1) is 27.9 Å². The van der Waals surface area contributed by atoms with E-state index in [2.05, 4.69) is 5.32 Å². The molecule has 0 aliphatic heterocycles. The molecule has 6 nitrogen and oxygen atoms in total. The SMILES string of the molecule is COc1cc(CCNC(=O)CN)cc(OC)c1OC. The summed E-state index contributed by atoms with van der Waals surface area (Å²) in [4.78, 5) is 11.0. The van der Waals surface area contributed by atoms with E-state index < -0.39 is 0 Å². The first-order valence-electron chi connectivity index (χ1n) is 5.91. The van der Waals surface area contributed by atoms with Crippen LogP contribution in [0, 0.1) is 0 Å². The lowest BCUT2D eigenvalue weighted by Crippen LogP contribution is -2.31. The van der Waals surface area contributed by atoms with E-state index in [-0.39, 0.29) is 12.5 Å². The maximum Gasteiger partial charge on any atom is 0.233 e. The molecule has 0 bridgehead atoms. The minimum Gasteiger partial charge on any atom is -0.493 e. The molecule has 3 N–H and O–H groups in total. The molecule has 1 rings (SSSR count). The molecule has 0 fully saturated rings. The van der Waals surface area contributed by atoms with E-state index >= 15 is 0 Å². The fourth-order valence-electron chi connectivity index (χ4n) is 1.70. The number of nitrogens with two attached hydrogens (primary N) is 1. The number of amides is 1. The lowest BCUT2D eigenvalue weighted by atomic mass is 10.1. The van der Waals surface area contributed by atoms with Crippen molar-refractivity contribution in [2.24, 2.45) is 5.73 Å². The van der Waals surface area contributed by atoms with Gasteiger partial charge in [-0.1, -0.05) is 0 Å². The standard InChI is InChI=1S/C13H20N2O4/c1-17-10-6-9(4-5-15-12(16)8-14)7-11(18-2)13(10)19-3/h6-7H,4-5,8,14H2,1-3H3,(H,15,16). The van der Waals surface area contributed by atoms with E-state index in [1.54, 1.807) is 21.3 Å². The summed E-state index contributed by atoms with van der Waals surface area (Å²) in [6.07, 6.45) is 0.655. The number of hydrogen-bond donors (Lipinski definition) is 2. The molecule has 0 aliphatic carbocycles. The zero-order chi connectivity index (χ0) is 14.3. The van der Waals surface area contributed by atoms with Crippen molar-refractivity contribution in [1.82, 2.24) is 5.32 Å². The van der Waals surface area contributed by atoms with Crippen LogP contribution in [0.5, 0.6) is 17.2 Å². The van der Waals surface area contributed by atoms with Crippen LogP contribution in [0.1, 0.15) is 5.56 Å². The fourth-order valence-corrected chi connectivity index (χ4v) is 1.70. The third-order valence-electron chi connectivity index (χ3n) is 2.65. The van der Waals surface area contributed by atoms with Gasteiger partial charge in [0.1, 0.15) is 0 Å². The second kappa shape index (κ2) is 7.48. The lowest BCUT2D eigenvalue weighted by molar-refractivity contribution is -0.119. The fraction of sp³-hybridized carbons (Fsp3) is 0.462. The molecule has 106 valence electrons. The number of ether oxygens (including phenoxy) is 3.